The van der Waals surface area contributed by atoms with Gasteiger partial charge in [0.05, 0.1) is 19.0 Å². The van der Waals surface area contributed by atoms with Crippen molar-refractivity contribution in [2.45, 2.75) is 11.3 Å². The van der Waals surface area contributed by atoms with Crippen molar-refractivity contribution in [3.05, 3.63) is 71.8 Å². The second kappa shape index (κ2) is 7.76. The number of nitriles is 1. The van der Waals surface area contributed by atoms with Crippen LogP contribution in [0, 0.1) is 11.3 Å². The summed E-state index contributed by atoms with van der Waals surface area (Å²) in [5, 5.41) is 14.6. The lowest BCUT2D eigenvalue weighted by atomic mass is 10.2. The van der Waals surface area contributed by atoms with Crippen LogP contribution >= 0.6 is 0 Å². The third-order valence-electron chi connectivity index (χ3n) is 3.67. The number of sulfonamides is 1. The van der Waals surface area contributed by atoms with Crippen LogP contribution in [0.2, 0.25) is 0 Å². The second-order valence-electron chi connectivity index (χ2n) is 5.45. The Kier molecular flexibility index (Phi) is 5.25. The molecule has 0 radical (unpaired) electrons. The number of hydrogen-bond acceptors (Lipinski definition) is 5. The molecule has 0 fully saturated rings. The molecule has 0 bridgehead atoms. The van der Waals surface area contributed by atoms with Gasteiger partial charge in [-0.15, -0.1) is 4.40 Å². The first-order chi connectivity index (χ1) is 12.6. The summed E-state index contributed by atoms with van der Waals surface area (Å²) in [5.41, 5.74) is 1.52. The molecule has 0 N–H and O–H groups in total. The highest BCUT2D eigenvalue weighted by Gasteiger charge is 2.31. The van der Waals surface area contributed by atoms with E-state index in [1.807, 2.05) is 42.5 Å². The molecule has 0 saturated heterocycles. The fourth-order valence-corrected chi connectivity index (χ4v) is 3.69. The van der Waals surface area contributed by atoms with E-state index in [2.05, 4.69) is 9.50 Å². The van der Waals surface area contributed by atoms with Crippen LogP contribution in [0.1, 0.15) is 17.5 Å². The number of hydrazone groups is 1. The summed E-state index contributed by atoms with van der Waals surface area (Å²) in [5.74, 6) is 0.236. The molecular weight excluding hydrogens is 348 g/mol. The minimum absolute atomic E-state index is 0.159. The number of amidine groups is 1. The summed E-state index contributed by atoms with van der Waals surface area (Å²) in [7, 11) is -3.73. The minimum atomic E-state index is -3.73. The Morgan fingerprint density at radius 3 is 2.62 bits per heavy atom. The maximum Gasteiger partial charge on any atom is 0.285 e. The standard InChI is InChI=1S/C19H16N4O2S/c20-13-7-15-23(21-14-6-10-16-8-2-1-3-9-16)19-17-11-4-5-12-18(17)26(24,25)22-19/h1-6,8-12,14H,7,15H2/b10-6+,21-14+. The Bertz CT molecular complexity index is 1020. The van der Waals surface area contributed by atoms with Crippen molar-refractivity contribution < 1.29 is 8.42 Å². The number of fused-ring (bicyclic) bond motifs is 1. The molecule has 130 valence electrons. The van der Waals surface area contributed by atoms with Crippen molar-refractivity contribution in [3.63, 3.8) is 0 Å². The molecule has 2 aromatic carbocycles. The van der Waals surface area contributed by atoms with Gasteiger partial charge in [0, 0.05) is 11.8 Å². The first-order valence-electron chi connectivity index (χ1n) is 7.96. The van der Waals surface area contributed by atoms with Crippen LogP contribution < -0.4 is 0 Å². The highest BCUT2D eigenvalue weighted by Crippen LogP contribution is 2.27. The fraction of sp³-hybridized carbons (Fsp3) is 0.105. The predicted molar refractivity (Wildman–Crippen MR) is 101 cm³/mol. The van der Waals surface area contributed by atoms with E-state index in [0.29, 0.717) is 5.56 Å². The van der Waals surface area contributed by atoms with Crippen LogP contribution in [0.15, 0.2) is 75.1 Å². The van der Waals surface area contributed by atoms with Crippen molar-refractivity contribution >= 4 is 28.1 Å². The van der Waals surface area contributed by atoms with E-state index in [1.165, 1.54) is 11.1 Å². The quantitative estimate of drug-likeness (QED) is 0.603. The number of nitrogens with zero attached hydrogens (tertiary/aromatic N) is 4. The van der Waals surface area contributed by atoms with Gasteiger partial charge in [-0.3, -0.25) is 0 Å². The van der Waals surface area contributed by atoms with Gasteiger partial charge in [0.15, 0.2) is 5.84 Å². The van der Waals surface area contributed by atoms with Crippen LogP contribution in [0.4, 0.5) is 0 Å². The van der Waals surface area contributed by atoms with Gasteiger partial charge in [-0.1, -0.05) is 48.5 Å². The van der Waals surface area contributed by atoms with Gasteiger partial charge in [0.25, 0.3) is 10.0 Å². The summed E-state index contributed by atoms with van der Waals surface area (Å²) >= 11 is 0. The maximum atomic E-state index is 12.2. The van der Waals surface area contributed by atoms with E-state index in [9.17, 15) is 8.42 Å². The van der Waals surface area contributed by atoms with Crippen LogP contribution in [0.3, 0.4) is 0 Å². The largest absolute Gasteiger partial charge is 0.285 e. The van der Waals surface area contributed by atoms with Gasteiger partial charge in [0.1, 0.15) is 4.90 Å². The van der Waals surface area contributed by atoms with E-state index in [0.717, 1.165) is 5.56 Å². The van der Waals surface area contributed by atoms with Crippen LogP contribution in [0.5, 0.6) is 0 Å². The molecule has 1 heterocycles. The molecule has 0 aliphatic carbocycles. The van der Waals surface area contributed by atoms with Gasteiger partial charge in [-0.05, 0) is 23.8 Å². The minimum Gasteiger partial charge on any atom is -0.246 e. The Balaban J connectivity index is 1.86. The molecule has 0 atom stereocenters. The van der Waals surface area contributed by atoms with Gasteiger partial charge in [-0.25, -0.2) is 5.01 Å². The lowest BCUT2D eigenvalue weighted by Gasteiger charge is -2.16. The first-order valence-corrected chi connectivity index (χ1v) is 9.40. The third kappa shape index (κ3) is 3.87. The SMILES string of the molecule is N#CCCN(/N=C/C=C/c1ccccc1)C1=NS(=O)(=O)c2ccccc21. The molecule has 0 saturated carbocycles. The van der Waals surface area contributed by atoms with E-state index < -0.39 is 10.0 Å². The smallest absolute Gasteiger partial charge is 0.246 e. The predicted octanol–water partition coefficient (Wildman–Crippen LogP) is 3.05. The van der Waals surface area contributed by atoms with Crippen LogP contribution in [-0.4, -0.2) is 32.0 Å². The molecule has 3 rings (SSSR count). The zero-order valence-corrected chi connectivity index (χ0v) is 14.7. The number of rotatable bonds is 5. The average molecular weight is 364 g/mol. The van der Waals surface area contributed by atoms with E-state index in [4.69, 9.17) is 5.26 Å². The molecule has 6 nitrogen and oxygen atoms in total. The molecule has 0 aromatic heterocycles. The topological polar surface area (TPSA) is 85.9 Å². The number of benzene rings is 2. The van der Waals surface area contributed by atoms with Crippen molar-refractivity contribution in [2.24, 2.45) is 9.50 Å². The normalized spacial score (nSPS) is 15.0. The highest BCUT2D eigenvalue weighted by atomic mass is 32.2. The van der Waals surface area contributed by atoms with Crippen molar-refractivity contribution in [1.29, 1.82) is 5.26 Å². The van der Waals surface area contributed by atoms with Crippen molar-refractivity contribution in [2.75, 3.05) is 6.54 Å². The lowest BCUT2D eigenvalue weighted by molar-refractivity contribution is 0.459. The Morgan fingerprint density at radius 1 is 1.12 bits per heavy atom. The van der Waals surface area contributed by atoms with Crippen LogP contribution in [-0.2, 0) is 10.0 Å². The zero-order valence-electron chi connectivity index (χ0n) is 13.9. The number of allylic oxidation sites excluding steroid dienone is 1. The van der Waals surface area contributed by atoms with Crippen molar-refractivity contribution in [1.82, 2.24) is 5.01 Å². The average Bonchev–Trinajstić information content (AvgIpc) is 2.93. The van der Waals surface area contributed by atoms with Gasteiger partial charge in [0.2, 0.25) is 0 Å². The maximum absolute atomic E-state index is 12.2. The third-order valence-corrected chi connectivity index (χ3v) is 5.00. The second-order valence-corrected chi connectivity index (χ2v) is 7.02. The van der Waals surface area contributed by atoms with E-state index in [-0.39, 0.29) is 23.7 Å². The molecule has 1 aliphatic rings. The molecule has 2 aromatic rings. The van der Waals surface area contributed by atoms with Crippen molar-refractivity contribution in [3.8, 4) is 6.07 Å². The summed E-state index contributed by atoms with van der Waals surface area (Å²) < 4.78 is 28.3. The molecule has 0 amide bonds. The van der Waals surface area contributed by atoms with Gasteiger partial charge in [-0.2, -0.15) is 18.8 Å². The lowest BCUT2D eigenvalue weighted by Crippen LogP contribution is -2.26. The summed E-state index contributed by atoms with van der Waals surface area (Å²) in [6, 6.07) is 18.4. The molecule has 7 heteroatoms. The molecule has 0 spiro atoms. The Morgan fingerprint density at radius 2 is 1.85 bits per heavy atom. The van der Waals surface area contributed by atoms with Gasteiger partial charge < -0.3 is 0 Å². The monoisotopic (exact) mass is 364 g/mol. The van der Waals surface area contributed by atoms with Gasteiger partial charge >= 0.3 is 0 Å². The Labute approximate surface area is 152 Å². The summed E-state index contributed by atoms with van der Waals surface area (Å²) in [4.78, 5) is 0.159. The first kappa shape index (κ1) is 17.6. The Hall–Kier alpha value is -3.24. The van der Waals surface area contributed by atoms with E-state index >= 15 is 0 Å². The highest BCUT2D eigenvalue weighted by molar-refractivity contribution is 7.90. The molecule has 1 aliphatic heterocycles. The van der Waals surface area contributed by atoms with Crippen LogP contribution in [0.25, 0.3) is 6.08 Å². The van der Waals surface area contributed by atoms with E-state index in [1.54, 1.807) is 30.5 Å². The number of hydrogen-bond donors (Lipinski definition) is 0. The molecular formula is C19H16N4O2S. The summed E-state index contributed by atoms with van der Waals surface area (Å²) in [6.45, 7) is 0.245. The zero-order chi connectivity index (χ0) is 18.4. The molecule has 0 unspecified atom stereocenters. The molecule has 26 heavy (non-hydrogen) atoms. The fourth-order valence-electron chi connectivity index (χ4n) is 2.49. The summed E-state index contributed by atoms with van der Waals surface area (Å²) in [6.07, 6.45) is 5.39.